The Balaban J connectivity index is 1.90. The Morgan fingerprint density at radius 1 is 1.06 bits per heavy atom. The lowest BCUT2D eigenvalue weighted by atomic mass is 10.1. The second-order valence-electron chi connectivity index (χ2n) is 4.15. The summed E-state index contributed by atoms with van der Waals surface area (Å²) in [5, 5.41) is 3.37. The highest BCUT2D eigenvalue weighted by Gasteiger charge is 1.98. The van der Waals surface area contributed by atoms with E-state index in [4.69, 9.17) is 10.5 Å². The smallest absolute Gasteiger partial charge is 0.119 e. The molecule has 3 heteroatoms. The summed E-state index contributed by atoms with van der Waals surface area (Å²) >= 11 is 0. The van der Waals surface area contributed by atoms with Crippen molar-refractivity contribution in [2.45, 2.75) is 13.1 Å². The van der Waals surface area contributed by atoms with Crippen LogP contribution in [0.1, 0.15) is 11.1 Å². The first kappa shape index (κ1) is 12.5. The third-order valence-corrected chi connectivity index (χ3v) is 2.83. The average molecular weight is 242 g/mol. The molecule has 0 aliphatic heterocycles. The van der Waals surface area contributed by atoms with E-state index >= 15 is 0 Å². The van der Waals surface area contributed by atoms with Crippen LogP contribution in [0.4, 0.5) is 5.69 Å². The number of methoxy groups -OCH3 is 1. The number of hydrogen-bond donors (Lipinski definition) is 2. The maximum atomic E-state index is 5.89. The molecule has 0 unspecified atom stereocenters. The van der Waals surface area contributed by atoms with Crippen LogP contribution in [0.5, 0.6) is 5.75 Å². The van der Waals surface area contributed by atoms with Gasteiger partial charge in [0.25, 0.3) is 0 Å². The fourth-order valence-electron chi connectivity index (χ4n) is 1.82. The van der Waals surface area contributed by atoms with Crippen molar-refractivity contribution in [1.82, 2.24) is 5.32 Å². The first-order valence-electron chi connectivity index (χ1n) is 5.96. The monoisotopic (exact) mass is 242 g/mol. The fourth-order valence-corrected chi connectivity index (χ4v) is 1.82. The second-order valence-corrected chi connectivity index (χ2v) is 4.15. The Kier molecular flexibility index (Phi) is 4.20. The van der Waals surface area contributed by atoms with Gasteiger partial charge in [-0.25, -0.2) is 0 Å². The third-order valence-electron chi connectivity index (χ3n) is 2.83. The van der Waals surface area contributed by atoms with Crippen molar-refractivity contribution < 1.29 is 4.74 Å². The maximum absolute atomic E-state index is 5.89. The third kappa shape index (κ3) is 3.25. The number of nitrogens with two attached hydrogens (primary N) is 1. The molecule has 94 valence electrons. The van der Waals surface area contributed by atoms with Crippen LogP contribution in [-0.2, 0) is 13.1 Å². The van der Waals surface area contributed by atoms with E-state index in [9.17, 15) is 0 Å². The average Bonchev–Trinajstić information content (AvgIpc) is 2.41. The molecule has 0 saturated carbocycles. The second kappa shape index (κ2) is 6.07. The molecular formula is C15H18N2O. The van der Waals surface area contributed by atoms with Crippen LogP contribution >= 0.6 is 0 Å². The quantitative estimate of drug-likeness (QED) is 0.792. The van der Waals surface area contributed by atoms with Crippen molar-refractivity contribution in [2.75, 3.05) is 12.8 Å². The Morgan fingerprint density at radius 2 is 1.89 bits per heavy atom. The standard InChI is InChI=1S/C15H18N2O/c1-18-14-7-4-5-12(9-14)10-17-11-13-6-2-3-8-15(13)16/h2-9,17H,10-11,16H2,1H3. The van der Waals surface area contributed by atoms with Gasteiger partial charge in [0.2, 0.25) is 0 Å². The highest BCUT2D eigenvalue weighted by atomic mass is 16.5. The Hall–Kier alpha value is -2.00. The van der Waals surface area contributed by atoms with E-state index < -0.39 is 0 Å². The summed E-state index contributed by atoms with van der Waals surface area (Å²) in [5.41, 5.74) is 9.04. The highest BCUT2D eigenvalue weighted by Crippen LogP contribution is 2.13. The van der Waals surface area contributed by atoms with Crippen molar-refractivity contribution in [2.24, 2.45) is 0 Å². The molecule has 2 rings (SSSR count). The van der Waals surface area contributed by atoms with Gasteiger partial charge in [-0.1, -0.05) is 30.3 Å². The highest BCUT2D eigenvalue weighted by molar-refractivity contribution is 5.46. The van der Waals surface area contributed by atoms with Crippen LogP contribution in [0.15, 0.2) is 48.5 Å². The molecule has 0 atom stereocenters. The zero-order valence-electron chi connectivity index (χ0n) is 10.5. The Labute approximate surface area is 108 Å². The Bertz CT molecular complexity index is 511. The van der Waals surface area contributed by atoms with E-state index in [1.165, 1.54) is 5.56 Å². The van der Waals surface area contributed by atoms with Gasteiger partial charge in [0, 0.05) is 18.8 Å². The lowest BCUT2D eigenvalue weighted by Gasteiger charge is -2.08. The van der Waals surface area contributed by atoms with E-state index in [1.54, 1.807) is 7.11 Å². The van der Waals surface area contributed by atoms with Gasteiger partial charge in [0.1, 0.15) is 5.75 Å². The van der Waals surface area contributed by atoms with Gasteiger partial charge in [-0.05, 0) is 29.3 Å². The van der Waals surface area contributed by atoms with Crippen LogP contribution in [-0.4, -0.2) is 7.11 Å². The molecule has 18 heavy (non-hydrogen) atoms. The number of ether oxygens (including phenoxy) is 1. The van der Waals surface area contributed by atoms with Crippen LogP contribution in [0.2, 0.25) is 0 Å². The number of rotatable bonds is 5. The van der Waals surface area contributed by atoms with Gasteiger partial charge in [0.05, 0.1) is 7.11 Å². The van der Waals surface area contributed by atoms with Gasteiger partial charge < -0.3 is 15.8 Å². The largest absolute Gasteiger partial charge is 0.497 e. The first-order chi connectivity index (χ1) is 8.79. The van der Waals surface area contributed by atoms with E-state index in [-0.39, 0.29) is 0 Å². The van der Waals surface area contributed by atoms with Crippen LogP contribution in [0.3, 0.4) is 0 Å². The number of nitrogen functional groups attached to an aromatic ring is 1. The zero-order chi connectivity index (χ0) is 12.8. The molecule has 0 bridgehead atoms. The van der Waals surface area contributed by atoms with Crippen molar-refractivity contribution in [3.63, 3.8) is 0 Å². The lowest BCUT2D eigenvalue weighted by Crippen LogP contribution is -2.13. The van der Waals surface area contributed by atoms with Crippen LogP contribution in [0, 0.1) is 0 Å². The summed E-state index contributed by atoms with van der Waals surface area (Å²) in [7, 11) is 1.68. The van der Waals surface area contributed by atoms with Gasteiger partial charge in [-0.2, -0.15) is 0 Å². The van der Waals surface area contributed by atoms with Crippen molar-refractivity contribution >= 4 is 5.69 Å². The molecule has 3 nitrogen and oxygen atoms in total. The normalized spacial score (nSPS) is 10.3. The molecule has 3 N–H and O–H groups in total. The molecule has 0 saturated heterocycles. The minimum atomic E-state index is 0.768. The molecule has 0 radical (unpaired) electrons. The summed E-state index contributed by atoms with van der Waals surface area (Å²) in [6, 6.07) is 15.9. The SMILES string of the molecule is COc1cccc(CNCc2ccccc2N)c1. The predicted molar refractivity (Wildman–Crippen MR) is 74.4 cm³/mol. The van der Waals surface area contributed by atoms with Crippen molar-refractivity contribution in [1.29, 1.82) is 0 Å². The summed E-state index contributed by atoms with van der Waals surface area (Å²) in [4.78, 5) is 0. The topological polar surface area (TPSA) is 47.3 Å². The van der Waals surface area contributed by atoms with Gasteiger partial charge in [0.15, 0.2) is 0 Å². The van der Waals surface area contributed by atoms with Crippen molar-refractivity contribution in [3.8, 4) is 5.75 Å². The number of anilines is 1. The van der Waals surface area contributed by atoms with E-state index in [2.05, 4.69) is 11.4 Å². The molecule has 0 spiro atoms. The maximum Gasteiger partial charge on any atom is 0.119 e. The molecular weight excluding hydrogens is 224 g/mol. The molecule has 0 aromatic heterocycles. The van der Waals surface area contributed by atoms with Gasteiger partial charge in [-0.3, -0.25) is 0 Å². The minimum absolute atomic E-state index is 0.768. The summed E-state index contributed by atoms with van der Waals surface area (Å²) in [6.45, 7) is 1.56. The predicted octanol–water partition coefficient (Wildman–Crippen LogP) is 2.57. The molecule has 0 amide bonds. The molecule has 0 aliphatic carbocycles. The van der Waals surface area contributed by atoms with E-state index in [1.807, 2.05) is 42.5 Å². The molecule has 2 aromatic carbocycles. The number of para-hydroxylation sites is 1. The summed E-state index contributed by atoms with van der Waals surface area (Å²) < 4.78 is 5.19. The molecule has 0 fully saturated rings. The molecule has 0 heterocycles. The zero-order valence-corrected chi connectivity index (χ0v) is 10.5. The van der Waals surface area contributed by atoms with Gasteiger partial charge in [-0.15, -0.1) is 0 Å². The molecule has 0 aliphatic rings. The van der Waals surface area contributed by atoms with Crippen LogP contribution in [0.25, 0.3) is 0 Å². The first-order valence-corrected chi connectivity index (χ1v) is 5.96. The van der Waals surface area contributed by atoms with E-state index in [0.29, 0.717) is 0 Å². The molecule has 2 aromatic rings. The lowest BCUT2D eigenvalue weighted by molar-refractivity contribution is 0.414. The number of nitrogens with one attached hydrogen (secondary N) is 1. The van der Waals surface area contributed by atoms with Crippen LogP contribution < -0.4 is 15.8 Å². The van der Waals surface area contributed by atoms with Crippen molar-refractivity contribution in [3.05, 3.63) is 59.7 Å². The summed E-state index contributed by atoms with van der Waals surface area (Å²) in [6.07, 6.45) is 0. The summed E-state index contributed by atoms with van der Waals surface area (Å²) in [5.74, 6) is 0.883. The van der Waals surface area contributed by atoms with E-state index in [0.717, 1.165) is 30.1 Å². The fraction of sp³-hybridized carbons (Fsp3) is 0.200. The Morgan fingerprint density at radius 3 is 2.67 bits per heavy atom. The number of benzene rings is 2. The number of hydrogen-bond acceptors (Lipinski definition) is 3. The van der Waals surface area contributed by atoms with Gasteiger partial charge >= 0.3 is 0 Å². The minimum Gasteiger partial charge on any atom is -0.497 e.